The van der Waals surface area contributed by atoms with Crippen LogP contribution in [0.5, 0.6) is 0 Å². The summed E-state index contributed by atoms with van der Waals surface area (Å²) in [6.45, 7) is 8.50. The molecule has 0 radical (unpaired) electrons. The normalized spacial score (nSPS) is 13.7. The van der Waals surface area contributed by atoms with Gasteiger partial charge in [0.05, 0.1) is 35.7 Å². The van der Waals surface area contributed by atoms with Gasteiger partial charge >= 0.3 is 0 Å². The molecule has 2 heterocycles. The van der Waals surface area contributed by atoms with E-state index in [1.807, 2.05) is 24.3 Å². The predicted octanol–water partition coefficient (Wildman–Crippen LogP) is 3.32. The van der Waals surface area contributed by atoms with Gasteiger partial charge in [0, 0.05) is 37.1 Å². The van der Waals surface area contributed by atoms with E-state index in [9.17, 15) is 14.0 Å². The lowest BCUT2D eigenvalue weighted by molar-refractivity contribution is -0.116. The molecular formula is C25H28FN5O3. The minimum absolute atomic E-state index is 0.0927. The number of aryl methyl sites for hydroxylation is 2. The van der Waals surface area contributed by atoms with Gasteiger partial charge in [-0.05, 0) is 51.1 Å². The second-order valence-corrected chi connectivity index (χ2v) is 8.23. The monoisotopic (exact) mass is 465 g/mol. The summed E-state index contributed by atoms with van der Waals surface area (Å²) in [5.74, 6) is -1.38. The van der Waals surface area contributed by atoms with Crippen LogP contribution in [-0.4, -0.2) is 66.1 Å². The topological polar surface area (TPSA) is 87.7 Å². The van der Waals surface area contributed by atoms with Crippen molar-refractivity contribution in [3.8, 4) is 0 Å². The van der Waals surface area contributed by atoms with E-state index in [-0.39, 0.29) is 24.6 Å². The number of likely N-dealkylation sites (N-methyl/N-ethyl adjacent to an activating group) is 1. The molecule has 3 aromatic rings. The first-order chi connectivity index (χ1) is 16.4. The van der Waals surface area contributed by atoms with Crippen molar-refractivity contribution in [1.29, 1.82) is 0 Å². The summed E-state index contributed by atoms with van der Waals surface area (Å²) in [7, 11) is 0. The fourth-order valence-corrected chi connectivity index (χ4v) is 3.91. The molecule has 0 atom stereocenters. The molecule has 0 unspecified atom stereocenters. The minimum atomic E-state index is -0.575. The van der Waals surface area contributed by atoms with Crippen molar-refractivity contribution in [3.63, 3.8) is 0 Å². The van der Waals surface area contributed by atoms with Crippen LogP contribution in [0.4, 0.5) is 15.8 Å². The van der Waals surface area contributed by atoms with Crippen LogP contribution < -0.4 is 10.2 Å². The Morgan fingerprint density at radius 2 is 1.76 bits per heavy atom. The fraction of sp³-hybridized carbons (Fsp3) is 0.360. The number of hydrogen-bond acceptors (Lipinski definition) is 6. The maximum atomic E-state index is 14.2. The number of aromatic nitrogens is 2. The zero-order valence-corrected chi connectivity index (χ0v) is 19.6. The second kappa shape index (κ2) is 10.1. The highest BCUT2D eigenvalue weighted by atomic mass is 19.1. The van der Waals surface area contributed by atoms with Gasteiger partial charge < -0.3 is 19.9 Å². The van der Waals surface area contributed by atoms with E-state index in [0.717, 1.165) is 24.8 Å². The molecule has 34 heavy (non-hydrogen) atoms. The largest absolute Gasteiger partial charge is 0.378 e. The summed E-state index contributed by atoms with van der Waals surface area (Å²) >= 11 is 0. The number of morpholine rings is 1. The third-order valence-corrected chi connectivity index (χ3v) is 5.91. The van der Waals surface area contributed by atoms with Crippen molar-refractivity contribution in [3.05, 3.63) is 59.2 Å². The summed E-state index contributed by atoms with van der Waals surface area (Å²) in [6.07, 6.45) is 0. The van der Waals surface area contributed by atoms with Crippen molar-refractivity contribution in [2.75, 3.05) is 49.6 Å². The molecule has 1 aliphatic heterocycles. The van der Waals surface area contributed by atoms with Crippen LogP contribution in [0.2, 0.25) is 0 Å². The standard InChI is InChI=1S/C25H28FN5O3/c1-4-30(25(33)21-13-18(26)14-22-24(21)28-17(3)16(2)27-22)15-23(32)29-19-5-7-20(8-6-19)31-9-11-34-12-10-31/h5-8,13-14H,4,9-12,15H2,1-3H3,(H,29,32). The predicted molar refractivity (Wildman–Crippen MR) is 129 cm³/mol. The number of nitrogens with zero attached hydrogens (tertiary/aromatic N) is 4. The first kappa shape index (κ1) is 23.6. The highest BCUT2D eigenvalue weighted by Crippen LogP contribution is 2.22. The van der Waals surface area contributed by atoms with Crippen molar-refractivity contribution in [1.82, 2.24) is 14.9 Å². The molecule has 8 nitrogen and oxygen atoms in total. The first-order valence-corrected chi connectivity index (χ1v) is 11.3. The van der Waals surface area contributed by atoms with Crippen molar-refractivity contribution in [2.45, 2.75) is 20.8 Å². The SMILES string of the molecule is CCN(CC(=O)Nc1ccc(N2CCOCC2)cc1)C(=O)c1cc(F)cc2nc(C)c(C)nc12. The molecular weight excluding hydrogens is 437 g/mol. The molecule has 1 N–H and O–H groups in total. The van der Waals surface area contributed by atoms with E-state index in [1.54, 1.807) is 20.8 Å². The van der Waals surface area contributed by atoms with Gasteiger partial charge in [0.1, 0.15) is 17.9 Å². The molecule has 1 aliphatic rings. The number of amides is 2. The van der Waals surface area contributed by atoms with E-state index < -0.39 is 11.7 Å². The summed E-state index contributed by atoms with van der Waals surface area (Å²) in [6, 6.07) is 9.98. The number of hydrogen-bond donors (Lipinski definition) is 1. The number of nitrogens with one attached hydrogen (secondary N) is 1. The smallest absolute Gasteiger partial charge is 0.256 e. The number of carbonyl (C=O) groups excluding carboxylic acids is 2. The van der Waals surface area contributed by atoms with Crippen molar-refractivity contribution in [2.24, 2.45) is 0 Å². The van der Waals surface area contributed by atoms with Crippen molar-refractivity contribution < 1.29 is 18.7 Å². The molecule has 4 rings (SSSR count). The highest BCUT2D eigenvalue weighted by molar-refractivity contribution is 6.06. The maximum absolute atomic E-state index is 14.2. The van der Waals surface area contributed by atoms with E-state index >= 15 is 0 Å². The Balaban J connectivity index is 1.47. The zero-order chi connectivity index (χ0) is 24.2. The Hall–Kier alpha value is -3.59. The van der Waals surface area contributed by atoms with E-state index in [1.165, 1.54) is 11.0 Å². The molecule has 9 heteroatoms. The Morgan fingerprint density at radius 1 is 1.09 bits per heavy atom. The van der Waals surface area contributed by atoms with Gasteiger partial charge in [-0.2, -0.15) is 0 Å². The third kappa shape index (κ3) is 5.14. The average Bonchev–Trinajstić information content (AvgIpc) is 2.83. The molecule has 178 valence electrons. The third-order valence-electron chi connectivity index (χ3n) is 5.91. The van der Waals surface area contributed by atoms with Crippen LogP contribution >= 0.6 is 0 Å². The Labute approximate surface area is 197 Å². The summed E-state index contributed by atoms with van der Waals surface area (Å²) in [5.41, 5.74) is 3.77. The van der Waals surface area contributed by atoms with Gasteiger partial charge in [-0.3, -0.25) is 9.59 Å². The Morgan fingerprint density at radius 3 is 2.44 bits per heavy atom. The Kier molecular flexibility index (Phi) is 7.02. The van der Waals surface area contributed by atoms with Crippen LogP contribution in [0, 0.1) is 19.7 Å². The van der Waals surface area contributed by atoms with Gasteiger partial charge in [0.25, 0.3) is 5.91 Å². The molecule has 0 aliphatic carbocycles. The number of halogens is 1. The zero-order valence-electron chi connectivity index (χ0n) is 19.6. The average molecular weight is 466 g/mol. The molecule has 1 fully saturated rings. The molecule has 0 spiro atoms. The second-order valence-electron chi connectivity index (χ2n) is 8.23. The van der Waals surface area contributed by atoms with Gasteiger partial charge in [0.2, 0.25) is 5.91 Å². The van der Waals surface area contributed by atoms with Gasteiger partial charge in [-0.15, -0.1) is 0 Å². The molecule has 0 bridgehead atoms. The van der Waals surface area contributed by atoms with Crippen LogP contribution in [0.3, 0.4) is 0 Å². The lowest BCUT2D eigenvalue weighted by atomic mass is 10.1. The van der Waals surface area contributed by atoms with Crippen LogP contribution in [0.15, 0.2) is 36.4 Å². The lowest BCUT2D eigenvalue weighted by Gasteiger charge is -2.29. The van der Waals surface area contributed by atoms with E-state index in [4.69, 9.17) is 4.74 Å². The van der Waals surface area contributed by atoms with Gasteiger partial charge in [0.15, 0.2) is 0 Å². The highest BCUT2D eigenvalue weighted by Gasteiger charge is 2.22. The molecule has 2 amide bonds. The minimum Gasteiger partial charge on any atom is -0.378 e. The lowest BCUT2D eigenvalue weighted by Crippen LogP contribution is -2.38. The summed E-state index contributed by atoms with van der Waals surface area (Å²) < 4.78 is 19.6. The number of carbonyl (C=O) groups is 2. The number of anilines is 2. The van der Waals surface area contributed by atoms with Gasteiger partial charge in [-0.25, -0.2) is 14.4 Å². The van der Waals surface area contributed by atoms with Gasteiger partial charge in [-0.1, -0.05) is 0 Å². The Bertz CT molecular complexity index is 1210. The van der Waals surface area contributed by atoms with E-state index in [2.05, 4.69) is 20.2 Å². The fourth-order valence-electron chi connectivity index (χ4n) is 3.91. The number of benzene rings is 2. The van der Waals surface area contributed by atoms with Crippen LogP contribution in [0.25, 0.3) is 11.0 Å². The number of fused-ring (bicyclic) bond motifs is 1. The van der Waals surface area contributed by atoms with Crippen LogP contribution in [-0.2, 0) is 9.53 Å². The molecule has 1 aromatic heterocycles. The quantitative estimate of drug-likeness (QED) is 0.601. The van der Waals surface area contributed by atoms with E-state index in [0.29, 0.717) is 41.3 Å². The number of rotatable bonds is 6. The first-order valence-electron chi connectivity index (χ1n) is 11.3. The molecule has 2 aromatic carbocycles. The maximum Gasteiger partial charge on any atom is 0.256 e. The molecule has 1 saturated heterocycles. The molecule has 0 saturated carbocycles. The van der Waals surface area contributed by atoms with Crippen molar-refractivity contribution >= 4 is 34.2 Å². The van der Waals surface area contributed by atoms with Crippen LogP contribution in [0.1, 0.15) is 28.7 Å². The summed E-state index contributed by atoms with van der Waals surface area (Å²) in [4.78, 5) is 38.3. The number of ether oxygens (including phenoxy) is 1. The summed E-state index contributed by atoms with van der Waals surface area (Å²) in [5, 5.41) is 2.83.